The van der Waals surface area contributed by atoms with E-state index >= 15 is 0 Å². The van der Waals surface area contributed by atoms with E-state index in [0.717, 1.165) is 13.0 Å². The molecule has 2 nitrogen and oxygen atoms in total. The van der Waals surface area contributed by atoms with E-state index in [1.54, 1.807) is 13.8 Å². The molecule has 0 spiro atoms. The lowest BCUT2D eigenvalue weighted by Gasteiger charge is -2.16. The number of hydrogen-bond donors (Lipinski definition) is 1. The van der Waals surface area contributed by atoms with Gasteiger partial charge in [-0.1, -0.05) is 103 Å². The van der Waals surface area contributed by atoms with Crippen LogP contribution in [0.1, 0.15) is 124 Å². The molecule has 2 heteroatoms. The lowest BCUT2D eigenvalue weighted by atomic mass is 10.0. The molecule has 0 aromatic carbocycles. The minimum Gasteiger partial charge on any atom is -0.388 e. The number of aliphatic hydroxyl groups is 1. The molecule has 0 amide bonds. The van der Waals surface area contributed by atoms with Crippen molar-refractivity contribution in [2.75, 3.05) is 13.2 Å². The molecule has 0 radical (unpaired) electrons. The van der Waals surface area contributed by atoms with Crippen molar-refractivity contribution >= 4 is 0 Å². The van der Waals surface area contributed by atoms with Gasteiger partial charge < -0.3 is 9.84 Å². The first-order valence-corrected chi connectivity index (χ1v) is 10.9. The lowest BCUT2D eigenvalue weighted by Crippen LogP contribution is -2.26. The molecule has 0 unspecified atom stereocenters. The van der Waals surface area contributed by atoms with Gasteiger partial charge in [-0.2, -0.15) is 0 Å². The molecule has 0 aliphatic heterocycles. The van der Waals surface area contributed by atoms with Crippen LogP contribution in [-0.2, 0) is 4.74 Å². The largest absolute Gasteiger partial charge is 0.388 e. The van der Waals surface area contributed by atoms with Gasteiger partial charge in [0.1, 0.15) is 0 Å². The highest BCUT2D eigenvalue weighted by Crippen LogP contribution is 2.13. The van der Waals surface area contributed by atoms with Crippen molar-refractivity contribution in [2.45, 2.75) is 129 Å². The molecule has 0 bridgehead atoms. The summed E-state index contributed by atoms with van der Waals surface area (Å²) >= 11 is 0. The van der Waals surface area contributed by atoms with Crippen LogP contribution in [0.25, 0.3) is 0 Å². The Bertz CT molecular complexity index is 233. The Morgan fingerprint density at radius 2 is 0.917 bits per heavy atom. The summed E-state index contributed by atoms with van der Waals surface area (Å²) in [7, 11) is 0. The van der Waals surface area contributed by atoms with Crippen LogP contribution in [0.3, 0.4) is 0 Å². The predicted octanol–water partition coefficient (Wildman–Crippen LogP) is 7.04. The summed E-state index contributed by atoms with van der Waals surface area (Å²) in [6.45, 7) is 7.11. The maximum atomic E-state index is 9.53. The van der Waals surface area contributed by atoms with Crippen LogP contribution in [0.15, 0.2) is 0 Å². The molecule has 0 atom stereocenters. The molecule has 1 N–H and O–H groups in total. The molecule has 0 aliphatic rings. The second kappa shape index (κ2) is 17.7. The molecule has 0 rings (SSSR count). The SMILES string of the molecule is CCCCCCCCCCCCCCCCCCOCC(C)(C)O. The standard InChI is InChI=1S/C22H46O2/c1-4-5-6-7-8-9-10-11-12-13-14-15-16-17-18-19-20-24-21-22(2,3)23/h23H,4-21H2,1-3H3. The van der Waals surface area contributed by atoms with E-state index in [9.17, 15) is 5.11 Å². The summed E-state index contributed by atoms with van der Waals surface area (Å²) in [4.78, 5) is 0. The van der Waals surface area contributed by atoms with Gasteiger partial charge in [-0.05, 0) is 20.3 Å². The minimum absolute atomic E-state index is 0.450. The Morgan fingerprint density at radius 3 is 1.25 bits per heavy atom. The van der Waals surface area contributed by atoms with E-state index in [4.69, 9.17) is 4.74 Å². The highest BCUT2D eigenvalue weighted by atomic mass is 16.5. The fourth-order valence-corrected chi connectivity index (χ4v) is 3.07. The maximum Gasteiger partial charge on any atom is 0.0824 e. The molecule has 0 aliphatic carbocycles. The third-order valence-corrected chi connectivity index (χ3v) is 4.60. The second-order valence-corrected chi connectivity index (χ2v) is 8.17. The smallest absolute Gasteiger partial charge is 0.0824 e. The van der Waals surface area contributed by atoms with Gasteiger partial charge in [0, 0.05) is 6.61 Å². The van der Waals surface area contributed by atoms with Crippen LogP contribution in [0.2, 0.25) is 0 Å². The third kappa shape index (κ3) is 21.9. The Labute approximate surface area is 152 Å². The van der Waals surface area contributed by atoms with Crippen molar-refractivity contribution in [3.05, 3.63) is 0 Å². The normalized spacial score (nSPS) is 12.0. The maximum absolute atomic E-state index is 9.53. The van der Waals surface area contributed by atoms with Crippen LogP contribution in [0, 0.1) is 0 Å². The first-order chi connectivity index (χ1) is 11.6. The highest BCUT2D eigenvalue weighted by Gasteiger charge is 2.11. The van der Waals surface area contributed by atoms with Gasteiger partial charge in [0.25, 0.3) is 0 Å². The lowest BCUT2D eigenvalue weighted by molar-refractivity contribution is -0.0216. The van der Waals surface area contributed by atoms with Crippen LogP contribution < -0.4 is 0 Å². The Morgan fingerprint density at radius 1 is 0.583 bits per heavy atom. The molecule has 0 heterocycles. The van der Waals surface area contributed by atoms with E-state index in [-0.39, 0.29) is 0 Å². The van der Waals surface area contributed by atoms with Crippen molar-refractivity contribution in [1.82, 2.24) is 0 Å². The molecule has 0 saturated carbocycles. The van der Waals surface area contributed by atoms with Crippen LogP contribution in [0.4, 0.5) is 0 Å². The van der Waals surface area contributed by atoms with Gasteiger partial charge in [0.2, 0.25) is 0 Å². The molecule has 0 saturated heterocycles. The zero-order valence-electron chi connectivity index (χ0n) is 17.1. The summed E-state index contributed by atoms with van der Waals surface area (Å²) in [6, 6.07) is 0. The average molecular weight is 343 g/mol. The van der Waals surface area contributed by atoms with Gasteiger partial charge in [0.15, 0.2) is 0 Å². The summed E-state index contributed by atoms with van der Waals surface area (Å²) in [5, 5.41) is 9.53. The first-order valence-electron chi connectivity index (χ1n) is 10.9. The minimum atomic E-state index is -0.685. The fraction of sp³-hybridized carbons (Fsp3) is 1.00. The van der Waals surface area contributed by atoms with Crippen molar-refractivity contribution in [3.8, 4) is 0 Å². The summed E-state index contributed by atoms with van der Waals surface area (Å²) in [5.74, 6) is 0. The topological polar surface area (TPSA) is 29.5 Å². The van der Waals surface area contributed by atoms with Crippen LogP contribution >= 0.6 is 0 Å². The van der Waals surface area contributed by atoms with Crippen molar-refractivity contribution in [1.29, 1.82) is 0 Å². The van der Waals surface area contributed by atoms with Crippen molar-refractivity contribution in [3.63, 3.8) is 0 Å². The number of rotatable bonds is 19. The Balaban J connectivity index is 3.00. The van der Waals surface area contributed by atoms with Gasteiger partial charge in [-0.3, -0.25) is 0 Å². The van der Waals surface area contributed by atoms with E-state index in [1.807, 2.05) is 0 Å². The van der Waals surface area contributed by atoms with Crippen molar-refractivity contribution in [2.24, 2.45) is 0 Å². The quantitative estimate of drug-likeness (QED) is 0.255. The van der Waals surface area contributed by atoms with Gasteiger partial charge in [-0.25, -0.2) is 0 Å². The second-order valence-electron chi connectivity index (χ2n) is 8.17. The summed E-state index contributed by atoms with van der Waals surface area (Å²) < 4.78 is 5.47. The molecule has 146 valence electrons. The Kier molecular flexibility index (Phi) is 17.7. The van der Waals surface area contributed by atoms with E-state index in [0.29, 0.717) is 6.61 Å². The number of ether oxygens (including phenoxy) is 1. The fourth-order valence-electron chi connectivity index (χ4n) is 3.07. The average Bonchev–Trinajstić information content (AvgIpc) is 2.52. The summed E-state index contributed by atoms with van der Waals surface area (Å²) in [5.41, 5.74) is -0.685. The van der Waals surface area contributed by atoms with Gasteiger partial charge in [-0.15, -0.1) is 0 Å². The zero-order chi connectivity index (χ0) is 17.9. The van der Waals surface area contributed by atoms with E-state index in [2.05, 4.69) is 6.92 Å². The van der Waals surface area contributed by atoms with Crippen LogP contribution in [-0.4, -0.2) is 23.9 Å². The van der Waals surface area contributed by atoms with E-state index in [1.165, 1.54) is 96.3 Å². The van der Waals surface area contributed by atoms with Gasteiger partial charge >= 0.3 is 0 Å². The van der Waals surface area contributed by atoms with Crippen molar-refractivity contribution < 1.29 is 9.84 Å². The predicted molar refractivity (Wildman–Crippen MR) is 107 cm³/mol. The number of hydrogen-bond acceptors (Lipinski definition) is 2. The monoisotopic (exact) mass is 342 g/mol. The van der Waals surface area contributed by atoms with E-state index < -0.39 is 5.60 Å². The molecule has 0 aromatic heterocycles. The number of unbranched alkanes of at least 4 members (excludes halogenated alkanes) is 15. The van der Waals surface area contributed by atoms with Crippen LogP contribution in [0.5, 0.6) is 0 Å². The molecule has 0 fully saturated rings. The Hall–Kier alpha value is -0.0800. The first kappa shape index (κ1) is 23.9. The summed E-state index contributed by atoms with van der Waals surface area (Å²) in [6.07, 6.45) is 22.3. The molecular formula is C22H46O2. The third-order valence-electron chi connectivity index (χ3n) is 4.60. The molecular weight excluding hydrogens is 296 g/mol. The molecule has 24 heavy (non-hydrogen) atoms. The molecule has 0 aromatic rings. The van der Waals surface area contributed by atoms with Gasteiger partial charge in [0.05, 0.1) is 12.2 Å². The zero-order valence-corrected chi connectivity index (χ0v) is 17.1. The highest BCUT2D eigenvalue weighted by molar-refractivity contribution is 4.62.